The van der Waals surface area contributed by atoms with Crippen LogP contribution in [0.4, 0.5) is 0 Å². The summed E-state index contributed by atoms with van der Waals surface area (Å²) in [6, 6.07) is -5.54. The predicted molar refractivity (Wildman–Crippen MR) is 135 cm³/mol. The van der Waals surface area contributed by atoms with Gasteiger partial charge in [0.15, 0.2) is 5.96 Å². The van der Waals surface area contributed by atoms with Gasteiger partial charge in [-0.25, -0.2) is 4.79 Å². The zero-order chi connectivity index (χ0) is 30.1. The van der Waals surface area contributed by atoms with Crippen molar-refractivity contribution in [2.45, 2.75) is 75.5 Å². The molecular weight excluding hydrogens is 522 g/mol. The number of nitrogens with two attached hydrogens (primary N) is 5. The van der Waals surface area contributed by atoms with Gasteiger partial charge < -0.3 is 54.8 Å². The minimum atomic E-state index is -1.50. The highest BCUT2D eigenvalue weighted by atomic mass is 16.4. The largest absolute Gasteiger partial charge is 0.481 e. The molecule has 0 aromatic carbocycles. The molecule has 4 unspecified atom stereocenters. The van der Waals surface area contributed by atoms with Crippen LogP contribution in [0.1, 0.15) is 51.4 Å². The fourth-order valence-electron chi connectivity index (χ4n) is 3.11. The van der Waals surface area contributed by atoms with Crippen molar-refractivity contribution >= 4 is 47.4 Å². The molecule has 0 aliphatic rings. The van der Waals surface area contributed by atoms with Gasteiger partial charge in [-0.05, 0) is 32.1 Å². The maximum atomic E-state index is 13.0. The second-order valence-electron chi connectivity index (χ2n) is 8.52. The third-order valence-electron chi connectivity index (χ3n) is 5.19. The van der Waals surface area contributed by atoms with E-state index in [1.54, 1.807) is 0 Å². The van der Waals surface area contributed by atoms with Gasteiger partial charge in [0.2, 0.25) is 29.5 Å². The number of carbonyl (C=O) groups excluding carboxylic acids is 5. The normalized spacial score (nSPS) is 13.6. The second kappa shape index (κ2) is 17.9. The number of hydrogen-bond acceptors (Lipinski definition) is 9. The van der Waals surface area contributed by atoms with Crippen LogP contribution in [0.2, 0.25) is 0 Å². The topological polar surface area (TPSA) is 338 Å². The summed E-state index contributed by atoms with van der Waals surface area (Å²) < 4.78 is 0. The number of hydrogen-bond donors (Lipinski definition) is 10. The summed E-state index contributed by atoms with van der Waals surface area (Å²) in [7, 11) is 0. The van der Waals surface area contributed by atoms with E-state index >= 15 is 0 Å². The van der Waals surface area contributed by atoms with Crippen LogP contribution in [-0.4, -0.2) is 88.4 Å². The van der Waals surface area contributed by atoms with Crippen molar-refractivity contribution < 1.29 is 43.8 Å². The van der Waals surface area contributed by atoms with Gasteiger partial charge in [-0.1, -0.05) is 0 Å². The van der Waals surface area contributed by atoms with E-state index in [2.05, 4.69) is 20.9 Å². The summed E-state index contributed by atoms with van der Waals surface area (Å²) in [4.78, 5) is 86.7. The first-order valence-electron chi connectivity index (χ1n) is 11.9. The Balaban J connectivity index is 5.72. The molecule has 39 heavy (non-hydrogen) atoms. The molecule has 0 rings (SSSR count). The van der Waals surface area contributed by atoms with Gasteiger partial charge in [0, 0.05) is 25.8 Å². The lowest BCUT2D eigenvalue weighted by molar-refractivity contribution is -0.142. The lowest BCUT2D eigenvalue weighted by Crippen LogP contribution is -2.57. The van der Waals surface area contributed by atoms with Crippen LogP contribution in [0.15, 0.2) is 4.99 Å². The zero-order valence-corrected chi connectivity index (χ0v) is 21.3. The molecule has 5 amide bonds. The molecule has 0 aliphatic heterocycles. The van der Waals surface area contributed by atoms with Gasteiger partial charge in [-0.3, -0.25) is 33.8 Å². The van der Waals surface area contributed by atoms with E-state index in [0.717, 1.165) is 0 Å². The molecule has 18 heteroatoms. The Labute approximate surface area is 223 Å². The number of guanidine groups is 1. The maximum Gasteiger partial charge on any atom is 0.326 e. The van der Waals surface area contributed by atoms with Crippen LogP contribution in [0, 0.1) is 0 Å². The maximum absolute atomic E-state index is 13.0. The average molecular weight is 560 g/mol. The number of amides is 5. The fourth-order valence-corrected chi connectivity index (χ4v) is 3.11. The molecule has 220 valence electrons. The smallest absolute Gasteiger partial charge is 0.326 e. The highest BCUT2D eigenvalue weighted by Gasteiger charge is 2.30. The van der Waals surface area contributed by atoms with Gasteiger partial charge in [0.1, 0.15) is 18.1 Å². The van der Waals surface area contributed by atoms with Gasteiger partial charge in [-0.2, -0.15) is 0 Å². The van der Waals surface area contributed by atoms with E-state index < -0.39 is 72.1 Å². The van der Waals surface area contributed by atoms with Gasteiger partial charge in [0.25, 0.3) is 0 Å². The number of carboxylic acids is 2. The van der Waals surface area contributed by atoms with E-state index in [9.17, 15) is 38.7 Å². The van der Waals surface area contributed by atoms with Crippen molar-refractivity contribution in [3.63, 3.8) is 0 Å². The molecule has 0 saturated heterocycles. The molecule has 18 nitrogen and oxygen atoms in total. The minimum absolute atomic E-state index is 0.0618. The van der Waals surface area contributed by atoms with Gasteiger partial charge in [0.05, 0.1) is 6.04 Å². The number of aliphatic imine (C=N–C) groups is 1. The van der Waals surface area contributed by atoms with Crippen molar-refractivity contribution in [2.75, 3.05) is 6.54 Å². The van der Waals surface area contributed by atoms with Crippen LogP contribution in [0.3, 0.4) is 0 Å². The summed E-state index contributed by atoms with van der Waals surface area (Å²) in [5.41, 5.74) is 26.4. The summed E-state index contributed by atoms with van der Waals surface area (Å²) >= 11 is 0. The Kier molecular flexibility index (Phi) is 15.8. The highest BCUT2D eigenvalue weighted by molar-refractivity contribution is 5.94. The van der Waals surface area contributed by atoms with E-state index in [1.165, 1.54) is 0 Å². The Hall–Kier alpha value is -4.48. The number of carboxylic acid groups (broad SMARTS) is 2. The number of nitrogens with one attached hydrogen (secondary N) is 3. The SMILES string of the molecule is NC(=O)CCC(NC(=O)C(CCCN=C(N)N)NC(=O)C(CCC(N)=O)NC(=O)C(N)CCC(=O)O)C(=O)O. The second-order valence-corrected chi connectivity index (χ2v) is 8.52. The Morgan fingerprint density at radius 2 is 1.10 bits per heavy atom. The van der Waals surface area contributed by atoms with Crippen molar-refractivity contribution in [2.24, 2.45) is 33.7 Å². The molecule has 0 fully saturated rings. The Morgan fingerprint density at radius 1 is 0.641 bits per heavy atom. The third-order valence-corrected chi connectivity index (χ3v) is 5.19. The molecule has 0 aromatic rings. The third kappa shape index (κ3) is 16.1. The summed E-state index contributed by atoms with van der Waals surface area (Å²) in [6.07, 6.45) is -1.82. The quantitative estimate of drug-likeness (QED) is 0.0382. The van der Waals surface area contributed by atoms with Crippen molar-refractivity contribution in [3.05, 3.63) is 0 Å². The zero-order valence-electron chi connectivity index (χ0n) is 21.3. The molecular formula is C21H37N9O9. The predicted octanol–water partition coefficient (Wildman–Crippen LogP) is -4.70. The Morgan fingerprint density at radius 3 is 1.56 bits per heavy atom. The summed E-state index contributed by atoms with van der Waals surface area (Å²) in [5, 5.41) is 25.0. The molecule has 0 radical (unpaired) electrons. The molecule has 0 aromatic heterocycles. The van der Waals surface area contributed by atoms with Crippen LogP contribution >= 0.6 is 0 Å². The fraction of sp³-hybridized carbons (Fsp3) is 0.619. The first-order chi connectivity index (χ1) is 18.1. The molecule has 0 aliphatic carbocycles. The lowest BCUT2D eigenvalue weighted by Gasteiger charge is -2.25. The van der Waals surface area contributed by atoms with Crippen molar-refractivity contribution in [3.8, 4) is 0 Å². The van der Waals surface area contributed by atoms with Crippen molar-refractivity contribution in [1.29, 1.82) is 0 Å². The summed E-state index contributed by atoms with van der Waals surface area (Å²) in [5.74, 6) is -7.17. The lowest BCUT2D eigenvalue weighted by atomic mass is 10.0. The van der Waals surface area contributed by atoms with E-state index in [4.69, 9.17) is 33.8 Å². The van der Waals surface area contributed by atoms with E-state index in [1.807, 2.05) is 0 Å². The van der Waals surface area contributed by atoms with E-state index in [-0.39, 0.29) is 57.5 Å². The van der Waals surface area contributed by atoms with Crippen LogP contribution < -0.4 is 44.6 Å². The summed E-state index contributed by atoms with van der Waals surface area (Å²) in [6.45, 7) is 0.0618. The van der Waals surface area contributed by atoms with Crippen LogP contribution in [0.5, 0.6) is 0 Å². The molecule has 15 N–H and O–H groups in total. The Bertz CT molecular complexity index is 938. The number of carbonyl (C=O) groups is 7. The molecule has 0 saturated carbocycles. The van der Waals surface area contributed by atoms with Gasteiger partial charge >= 0.3 is 11.9 Å². The highest BCUT2D eigenvalue weighted by Crippen LogP contribution is 2.06. The number of rotatable bonds is 20. The average Bonchev–Trinajstić information content (AvgIpc) is 2.83. The molecule has 0 bridgehead atoms. The van der Waals surface area contributed by atoms with Crippen LogP contribution in [0.25, 0.3) is 0 Å². The standard InChI is InChI=1S/C21H37N9O9/c22-10(3-8-16(33)34)17(35)28-12(4-6-14(23)31)19(37)29-11(2-1-9-27-21(25)26)18(36)30-13(20(38)39)5-7-15(24)32/h10-13H,1-9,22H2,(H2,23,31)(H2,24,32)(H,28,35)(H,29,37)(H,30,36)(H,33,34)(H,38,39)(H4,25,26,27). The number of aliphatic carboxylic acids is 2. The molecule has 0 spiro atoms. The van der Waals surface area contributed by atoms with E-state index in [0.29, 0.717) is 0 Å². The van der Waals surface area contributed by atoms with Crippen LogP contribution in [-0.2, 0) is 33.6 Å². The van der Waals surface area contributed by atoms with Gasteiger partial charge in [-0.15, -0.1) is 0 Å². The number of nitrogens with zero attached hydrogens (tertiary/aromatic N) is 1. The molecule has 0 heterocycles. The first kappa shape index (κ1) is 34.5. The van der Waals surface area contributed by atoms with Crippen molar-refractivity contribution in [1.82, 2.24) is 16.0 Å². The minimum Gasteiger partial charge on any atom is -0.481 e. The number of primary amides is 2. The first-order valence-corrected chi connectivity index (χ1v) is 11.9. The monoisotopic (exact) mass is 559 g/mol. The molecule has 4 atom stereocenters.